The highest BCUT2D eigenvalue weighted by Crippen LogP contribution is 2.23. The van der Waals surface area contributed by atoms with Gasteiger partial charge in [-0.3, -0.25) is 9.69 Å². The second kappa shape index (κ2) is 8.68. The van der Waals surface area contributed by atoms with E-state index in [4.69, 9.17) is 14.2 Å². The van der Waals surface area contributed by atoms with Crippen molar-refractivity contribution in [1.82, 2.24) is 19.2 Å². The maximum atomic E-state index is 13.1. The van der Waals surface area contributed by atoms with Crippen LogP contribution in [0, 0.1) is 0 Å². The molecule has 4 rings (SSSR count). The van der Waals surface area contributed by atoms with E-state index in [0.717, 1.165) is 32.8 Å². The highest BCUT2D eigenvalue weighted by Gasteiger charge is 2.25. The fourth-order valence-electron chi connectivity index (χ4n) is 3.53. The molecule has 1 fully saturated rings. The summed E-state index contributed by atoms with van der Waals surface area (Å²) < 4.78 is 18.6. The molecule has 30 heavy (non-hydrogen) atoms. The quantitative estimate of drug-likeness (QED) is 0.564. The Labute approximate surface area is 173 Å². The lowest BCUT2D eigenvalue weighted by Crippen LogP contribution is -2.38. The lowest BCUT2D eigenvalue weighted by molar-refractivity contribution is 0.0363. The van der Waals surface area contributed by atoms with Crippen molar-refractivity contribution in [3.05, 3.63) is 52.6 Å². The molecule has 0 bridgehead atoms. The normalized spacial score (nSPS) is 14.7. The minimum Gasteiger partial charge on any atom is -0.497 e. The van der Waals surface area contributed by atoms with Crippen LogP contribution >= 0.6 is 0 Å². The Balaban J connectivity index is 1.72. The number of carbonyl (C=O) groups excluding carboxylic acids is 1. The molecule has 0 saturated carbocycles. The van der Waals surface area contributed by atoms with Crippen molar-refractivity contribution >= 4 is 5.97 Å². The summed E-state index contributed by atoms with van der Waals surface area (Å²) in [5.41, 5.74) is 1.26. The molecule has 3 aliphatic rings. The van der Waals surface area contributed by atoms with E-state index < -0.39 is 5.97 Å². The van der Waals surface area contributed by atoms with Gasteiger partial charge in [-0.1, -0.05) is 0 Å². The number of esters is 1. The van der Waals surface area contributed by atoms with E-state index in [1.54, 1.807) is 43.8 Å². The molecule has 0 unspecified atom stereocenters. The number of methoxy groups -OCH3 is 2. The second-order valence-electron chi connectivity index (χ2n) is 7.03. The maximum absolute atomic E-state index is 13.1. The van der Waals surface area contributed by atoms with Crippen LogP contribution in [0.4, 0.5) is 0 Å². The summed E-state index contributed by atoms with van der Waals surface area (Å²) in [5, 5.41) is 4.42. The van der Waals surface area contributed by atoms with E-state index >= 15 is 0 Å². The lowest BCUT2D eigenvalue weighted by atomic mass is 10.1. The molecule has 3 heterocycles. The summed E-state index contributed by atoms with van der Waals surface area (Å²) in [7, 11) is 2.90. The molecule has 1 aromatic rings. The molecule has 0 radical (unpaired) electrons. The van der Waals surface area contributed by atoms with Crippen molar-refractivity contribution in [2.75, 3.05) is 47.1 Å². The lowest BCUT2D eigenvalue weighted by Gasteiger charge is -2.27. The number of pyridine rings is 1. The number of hydrogen-bond acceptors (Lipinski definition) is 7. The van der Waals surface area contributed by atoms with Gasteiger partial charge < -0.3 is 18.8 Å². The average Bonchev–Trinajstić information content (AvgIpc) is 3.13. The first-order valence-electron chi connectivity index (χ1n) is 9.76. The number of carbonyl (C=O) groups is 1. The molecule has 1 saturated heterocycles. The standard InChI is InChI=1S/C21H24N4O5/c1-28-16-5-3-15(4-6-16)25-20(26)17-13-24(8-7-23-9-11-30-12-10-23)14-18(19(17)22-25)21(27)29-2/h3-6,13-14H,7-12H2,1-2H3. The Morgan fingerprint density at radius 3 is 2.50 bits per heavy atom. The third-order valence-corrected chi connectivity index (χ3v) is 5.22. The van der Waals surface area contributed by atoms with Gasteiger partial charge in [-0.15, -0.1) is 0 Å². The molecule has 0 spiro atoms. The number of nitrogens with zero attached hydrogens (tertiary/aromatic N) is 4. The van der Waals surface area contributed by atoms with Gasteiger partial charge in [0.15, 0.2) is 0 Å². The molecule has 3 aliphatic heterocycles. The largest absolute Gasteiger partial charge is 0.497 e. The third-order valence-electron chi connectivity index (χ3n) is 5.22. The SMILES string of the molecule is COC(=O)c1cn(CCN2CCOCC2)cc2c(=O)n(-c3ccc(OC)cc3)nc1-2. The zero-order chi connectivity index (χ0) is 21.1. The molecule has 0 aromatic heterocycles. The molecule has 158 valence electrons. The van der Waals surface area contributed by atoms with Crippen molar-refractivity contribution in [3.8, 4) is 22.7 Å². The van der Waals surface area contributed by atoms with Gasteiger partial charge in [0.2, 0.25) is 0 Å². The van der Waals surface area contributed by atoms with E-state index in [1.807, 2.05) is 4.57 Å². The number of rotatable bonds is 6. The fourth-order valence-corrected chi connectivity index (χ4v) is 3.53. The maximum Gasteiger partial charge on any atom is 0.341 e. The van der Waals surface area contributed by atoms with Crippen LogP contribution in [-0.4, -0.2) is 72.3 Å². The highest BCUT2D eigenvalue weighted by molar-refractivity contribution is 5.96. The number of morpholine rings is 1. The highest BCUT2D eigenvalue weighted by atomic mass is 16.5. The predicted molar refractivity (Wildman–Crippen MR) is 110 cm³/mol. The van der Waals surface area contributed by atoms with Crippen molar-refractivity contribution < 1.29 is 19.0 Å². The van der Waals surface area contributed by atoms with E-state index in [9.17, 15) is 9.59 Å². The smallest absolute Gasteiger partial charge is 0.341 e. The molecule has 0 aliphatic carbocycles. The first-order valence-corrected chi connectivity index (χ1v) is 9.76. The molecular weight excluding hydrogens is 388 g/mol. The average molecular weight is 412 g/mol. The number of aromatic nitrogens is 3. The van der Waals surface area contributed by atoms with E-state index in [0.29, 0.717) is 29.2 Å². The summed E-state index contributed by atoms with van der Waals surface area (Å²) in [6, 6.07) is 7.00. The topological polar surface area (TPSA) is 87.8 Å². The molecule has 9 nitrogen and oxygen atoms in total. The Hall–Kier alpha value is -3.17. The van der Waals surface area contributed by atoms with Crippen LogP contribution in [0.3, 0.4) is 0 Å². The zero-order valence-electron chi connectivity index (χ0n) is 17.0. The number of hydrogen-bond donors (Lipinski definition) is 0. The van der Waals surface area contributed by atoms with Gasteiger partial charge in [-0.25, -0.2) is 4.79 Å². The molecule has 9 heteroatoms. The predicted octanol–water partition coefficient (Wildman–Crippen LogP) is 1.27. The summed E-state index contributed by atoms with van der Waals surface area (Å²) in [6.07, 6.45) is 3.44. The van der Waals surface area contributed by atoms with Gasteiger partial charge in [-0.2, -0.15) is 9.78 Å². The van der Waals surface area contributed by atoms with Crippen molar-refractivity contribution in [2.24, 2.45) is 0 Å². The second-order valence-corrected chi connectivity index (χ2v) is 7.03. The molecule has 0 amide bonds. The van der Waals surface area contributed by atoms with Gasteiger partial charge in [0.25, 0.3) is 5.56 Å². The molecule has 0 atom stereocenters. The summed E-state index contributed by atoms with van der Waals surface area (Å²) in [6.45, 7) is 4.60. The van der Waals surface area contributed by atoms with Gasteiger partial charge in [0.05, 0.1) is 38.7 Å². The number of ether oxygens (including phenoxy) is 3. The Bertz CT molecular complexity index is 1050. The minimum absolute atomic E-state index is 0.265. The molecule has 1 aromatic carbocycles. The van der Waals surface area contributed by atoms with Gasteiger partial charge in [0, 0.05) is 38.6 Å². The van der Waals surface area contributed by atoms with E-state index in [-0.39, 0.29) is 11.1 Å². The number of fused-ring (bicyclic) bond motifs is 1. The monoisotopic (exact) mass is 412 g/mol. The van der Waals surface area contributed by atoms with E-state index in [1.165, 1.54) is 11.8 Å². The van der Waals surface area contributed by atoms with Crippen molar-refractivity contribution in [2.45, 2.75) is 6.54 Å². The molecular formula is C21H24N4O5. The summed E-state index contributed by atoms with van der Waals surface area (Å²) in [4.78, 5) is 27.8. The van der Waals surface area contributed by atoms with Crippen molar-refractivity contribution in [1.29, 1.82) is 0 Å². The summed E-state index contributed by atoms with van der Waals surface area (Å²) >= 11 is 0. The van der Waals surface area contributed by atoms with Crippen LogP contribution < -0.4 is 10.3 Å². The zero-order valence-corrected chi connectivity index (χ0v) is 17.0. The van der Waals surface area contributed by atoms with Gasteiger partial charge in [-0.05, 0) is 24.3 Å². The van der Waals surface area contributed by atoms with Crippen LogP contribution in [-0.2, 0) is 16.0 Å². The third kappa shape index (κ3) is 3.94. The molecule has 0 N–H and O–H groups in total. The van der Waals surface area contributed by atoms with Crippen molar-refractivity contribution in [3.63, 3.8) is 0 Å². The Morgan fingerprint density at radius 2 is 1.83 bits per heavy atom. The van der Waals surface area contributed by atoms with Crippen LogP contribution in [0.2, 0.25) is 0 Å². The Morgan fingerprint density at radius 1 is 1.10 bits per heavy atom. The van der Waals surface area contributed by atoms with Crippen LogP contribution in [0.15, 0.2) is 41.5 Å². The summed E-state index contributed by atoms with van der Waals surface area (Å²) in [5.74, 6) is 0.152. The van der Waals surface area contributed by atoms with Gasteiger partial charge in [0.1, 0.15) is 17.0 Å². The minimum atomic E-state index is -0.528. The van der Waals surface area contributed by atoms with E-state index in [2.05, 4.69) is 10.00 Å². The Kier molecular flexibility index (Phi) is 5.82. The van der Waals surface area contributed by atoms with Gasteiger partial charge >= 0.3 is 5.97 Å². The van der Waals surface area contributed by atoms with Crippen LogP contribution in [0.25, 0.3) is 16.9 Å². The van der Waals surface area contributed by atoms with Crippen LogP contribution in [0.5, 0.6) is 5.75 Å². The number of benzene rings is 1. The first-order chi connectivity index (χ1) is 14.6. The fraction of sp³-hybridized carbons (Fsp3) is 0.381. The van der Waals surface area contributed by atoms with Crippen LogP contribution in [0.1, 0.15) is 10.4 Å². The first kappa shape index (κ1) is 20.1.